The number of amides is 2. The molecule has 0 heterocycles. The molecule has 8 fully saturated rings. The minimum absolute atomic E-state index is 0.00487. The molecule has 0 radical (unpaired) electrons. The van der Waals surface area contributed by atoms with E-state index < -0.39 is 10.8 Å². The van der Waals surface area contributed by atoms with Gasteiger partial charge in [-0.05, 0) is 194 Å². The van der Waals surface area contributed by atoms with Crippen LogP contribution in [0.5, 0.6) is 0 Å². The van der Waals surface area contributed by atoms with Crippen molar-refractivity contribution in [2.75, 3.05) is 0 Å². The lowest BCUT2D eigenvalue weighted by Gasteiger charge is -2.70. The van der Waals surface area contributed by atoms with Gasteiger partial charge in [0.05, 0.1) is 6.10 Å². The van der Waals surface area contributed by atoms with Gasteiger partial charge in [0, 0.05) is 34.5 Å². The van der Waals surface area contributed by atoms with Crippen LogP contribution in [0, 0.1) is 100 Å². The molecule has 5 N–H and O–H groups in total. The van der Waals surface area contributed by atoms with E-state index in [4.69, 9.17) is 11.5 Å². The van der Waals surface area contributed by atoms with Gasteiger partial charge in [-0.2, -0.15) is 0 Å². The molecule has 0 aromatic heterocycles. The minimum Gasteiger partial charge on any atom is -0.393 e. The fourth-order valence-electron chi connectivity index (χ4n) is 20.6. The van der Waals surface area contributed by atoms with Crippen LogP contribution in [0.25, 0.3) is 0 Å². The summed E-state index contributed by atoms with van der Waals surface area (Å²) in [4.78, 5) is 66.2. The van der Waals surface area contributed by atoms with Gasteiger partial charge in [0.1, 0.15) is 5.78 Å². The standard InChI is InChI=1S/C30H47NO3.C30H45NO3/c2*1-25(2)21-8-11-30(7)23(28(21,5)10-9-22(25)33)20(32)16-18-19-17-27(4,24(31)34)13-12-26(19,3)14-15-29(18,30)6/h16,19,21-23,33H,8-15,17H2,1-7H3,(H2,31,34);16,19,21,23H,8-15,17H2,1-7H3,(H2,31,34)/t19-,21-,22-,23+,26+,27-,28-,29+,30+;19-,21-,23+,26+,27-,28-,29+,30+/m00/s1. The van der Waals surface area contributed by atoms with Crippen molar-refractivity contribution in [2.45, 2.75) is 219 Å². The van der Waals surface area contributed by atoms with E-state index in [2.05, 4.69) is 89.2 Å². The second kappa shape index (κ2) is 15.0. The molecule has 378 valence electrons. The molecule has 0 saturated heterocycles. The Labute approximate surface area is 410 Å². The van der Waals surface area contributed by atoms with E-state index in [1.807, 2.05) is 19.9 Å². The number of carbonyl (C=O) groups is 5. The first-order chi connectivity index (χ1) is 31.1. The number of Topliss-reactive ketones (excluding diaryl/α,β-unsaturated/α-hetero) is 1. The number of primary amides is 2. The third-order valence-electron chi connectivity index (χ3n) is 26.1. The number of fused-ring (bicyclic) bond motifs is 14. The molecule has 0 bridgehead atoms. The van der Waals surface area contributed by atoms with Gasteiger partial charge in [-0.25, -0.2) is 0 Å². The number of ketones is 3. The van der Waals surface area contributed by atoms with Crippen molar-refractivity contribution >= 4 is 29.2 Å². The third-order valence-corrected chi connectivity index (χ3v) is 26.1. The number of allylic oxidation sites excluding steroid dienone is 4. The Bertz CT molecular complexity index is 2290. The fourth-order valence-corrected chi connectivity index (χ4v) is 20.6. The van der Waals surface area contributed by atoms with Crippen LogP contribution in [0.15, 0.2) is 23.3 Å². The highest BCUT2D eigenvalue weighted by Crippen LogP contribution is 2.77. The zero-order valence-electron chi connectivity index (χ0n) is 45.1. The summed E-state index contributed by atoms with van der Waals surface area (Å²) >= 11 is 0. The lowest BCUT2D eigenvalue weighted by molar-refractivity contribution is -0.202. The Kier molecular flexibility index (Phi) is 11.1. The van der Waals surface area contributed by atoms with Gasteiger partial charge in [-0.15, -0.1) is 0 Å². The lowest BCUT2D eigenvalue weighted by Crippen LogP contribution is -2.66. The van der Waals surface area contributed by atoms with Crippen LogP contribution in [0.4, 0.5) is 0 Å². The quantitative estimate of drug-likeness (QED) is 0.250. The van der Waals surface area contributed by atoms with Crippen molar-refractivity contribution in [2.24, 2.45) is 112 Å². The third kappa shape index (κ3) is 6.33. The molecular formula is C60H92N2O6. The van der Waals surface area contributed by atoms with Crippen LogP contribution in [0.3, 0.4) is 0 Å². The van der Waals surface area contributed by atoms with Crippen molar-refractivity contribution in [3.05, 3.63) is 23.3 Å². The number of aliphatic hydroxyl groups is 1. The maximum Gasteiger partial charge on any atom is 0.223 e. The summed E-state index contributed by atoms with van der Waals surface area (Å²) in [5.74, 6) is 1.60. The molecular weight excluding hydrogens is 845 g/mol. The maximum atomic E-state index is 14.2. The molecule has 0 aromatic rings. The first kappa shape index (κ1) is 50.3. The summed E-state index contributed by atoms with van der Waals surface area (Å²) in [5.41, 5.74) is 12.6. The van der Waals surface area contributed by atoms with Crippen LogP contribution in [0.1, 0.15) is 213 Å². The monoisotopic (exact) mass is 937 g/mol. The van der Waals surface area contributed by atoms with Crippen LogP contribution in [0.2, 0.25) is 0 Å². The largest absolute Gasteiger partial charge is 0.393 e. The summed E-state index contributed by atoms with van der Waals surface area (Å²) in [6, 6.07) is 0. The second-order valence-corrected chi connectivity index (χ2v) is 29.8. The number of nitrogens with two attached hydrogens (primary N) is 2. The first-order valence-electron chi connectivity index (χ1n) is 27.4. The molecule has 0 spiro atoms. The van der Waals surface area contributed by atoms with Crippen LogP contribution < -0.4 is 11.5 Å². The van der Waals surface area contributed by atoms with E-state index in [1.165, 1.54) is 11.1 Å². The fraction of sp³-hybridized carbons (Fsp3) is 0.850. The van der Waals surface area contributed by atoms with Crippen molar-refractivity contribution in [1.82, 2.24) is 0 Å². The first-order valence-corrected chi connectivity index (χ1v) is 27.4. The van der Waals surface area contributed by atoms with E-state index >= 15 is 0 Å². The van der Waals surface area contributed by atoms with Crippen molar-refractivity contribution in [1.29, 1.82) is 0 Å². The topological polar surface area (TPSA) is 158 Å². The van der Waals surface area contributed by atoms with E-state index in [-0.39, 0.29) is 107 Å². The normalized spacial score (nSPS) is 53.0. The van der Waals surface area contributed by atoms with Gasteiger partial charge in [-0.3, -0.25) is 24.0 Å². The molecule has 10 rings (SSSR count). The van der Waals surface area contributed by atoms with E-state index in [0.29, 0.717) is 23.9 Å². The highest BCUT2D eigenvalue weighted by molar-refractivity contribution is 5.97. The Morgan fingerprint density at radius 3 is 1.34 bits per heavy atom. The van der Waals surface area contributed by atoms with Crippen molar-refractivity contribution in [3.8, 4) is 0 Å². The lowest BCUT2D eigenvalue weighted by atomic mass is 9.33. The highest BCUT2D eigenvalue weighted by atomic mass is 16.3. The smallest absolute Gasteiger partial charge is 0.223 e. The van der Waals surface area contributed by atoms with Crippen molar-refractivity contribution < 1.29 is 29.1 Å². The highest BCUT2D eigenvalue weighted by Gasteiger charge is 2.72. The molecule has 0 aromatic carbocycles. The maximum absolute atomic E-state index is 14.2. The van der Waals surface area contributed by atoms with Crippen LogP contribution in [-0.4, -0.2) is 40.4 Å². The van der Waals surface area contributed by atoms with Gasteiger partial charge < -0.3 is 16.6 Å². The molecule has 8 heteroatoms. The molecule has 0 aliphatic heterocycles. The van der Waals surface area contributed by atoms with Crippen molar-refractivity contribution in [3.63, 3.8) is 0 Å². The predicted molar refractivity (Wildman–Crippen MR) is 268 cm³/mol. The average Bonchev–Trinajstić information content (AvgIpc) is 3.24. The SMILES string of the molecule is CC1(C)C(=O)CC[C@]2(C)[C@H]3C(=O)C=C4[C@@H]5C[C@@](C)(C(N)=O)CC[C@]5(C)CC[C@@]4(C)[C@]3(C)CC[C@@H]12.CC1(C)[C@@H](O)CC[C@]2(C)[C@H]3C(=O)C=C4[C@@H]5C[C@@](C)(C(N)=O)CC[C@]5(C)CC[C@@]4(C)[C@]3(C)CC[C@@H]12. The summed E-state index contributed by atoms with van der Waals surface area (Å²) in [6.45, 7) is 31.9. The molecule has 2 amide bonds. The van der Waals surface area contributed by atoms with Crippen LogP contribution in [-0.2, 0) is 24.0 Å². The van der Waals surface area contributed by atoms with Gasteiger partial charge in [0.25, 0.3) is 0 Å². The number of aliphatic hydroxyl groups excluding tert-OH is 1. The number of carbonyl (C=O) groups excluding carboxylic acids is 5. The van der Waals surface area contributed by atoms with Crippen LogP contribution >= 0.6 is 0 Å². The van der Waals surface area contributed by atoms with E-state index in [1.54, 1.807) is 0 Å². The molecule has 10 aliphatic rings. The zero-order valence-corrected chi connectivity index (χ0v) is 45.1. The Morgan fingerprint density at radius 2 is 0.912 bits per heavy atom. The Morgan fingerprint density at radius 1 is 0.515 bits per heavy atom. The van der Waals surface area contributed by atoms with E-state index in [0.717, 1.165) is 109 Å². The summed E-state index contributed by atoms with van der Waals surface area (Å²) < 4.78 is 0. The Hall–Kier alpha value is -2.61. The minimum atomic E-state index is -0.499. The molecule has 10 aliphatic carbocycles. The number of hydrogen-bond acceptors (Lipinski definition) is 6. The molecule has 68 heavy (non-hydrogen) atoms. The molecule has 8 nitrogen and oxygen atoms in total. The second-order valence-electron chi connectivity index (χ2n) is 29.8. The van der Waals surface area contributed by atoms with E-state index in [9.17, 15) is 29.1 Å². The van der Waals surface area contributed by atoms with Gasteiger partial charge in [0.15, 0.2) is 11.6 Å². The molecule has 17 atom stereocenters. The molecule has 0 unspecified atom stereocenters. The predicted octanol–water partition coefficient (Wildman–Crippen LogP) is 11.8. The van der Waals surface area contributed by atoms with Gasteiger partial charge in [-0.1, -0.05) is 108 Å². The summed E-state index contributed by atoms with van der Waals surface area (Å²) in [7, 11) is 0. The van der Waals surface area contributed by atoms with Gasteiger partial charge in [0.2, 0.25) is 11.8 Å². The number of hydrogen-bond donors (Lipinski definition) is 3. The molecule has 8 saturated carbocycles. The average molecular weight is 937 g/mol. The number of rotatable bonds is 2. The zero-order chi connectivity index (χ0) is 50.2. The Balaban J connectivity index is 0.000000170. The summed E-state index contributed by atoms with van der Waals surface area (Å²) in [5, 5.41) is 10.9. The van der Waals surface area contributed by atoms with Gasteiger partial charge >= 0.3 is 0 Å². The summed E-state index contributed by atoms with van der Waals surface area (Å²) in [6.07, 6.45) is 20.8.